The molecule has 1 fully saturated rings. The lowest BCUT2D eigenvalue weighted by Crippen LogP contribution is -2.32. The van der Waals surface area contributed by atoms with Gasteiger partial charge < -0.3 is 14.8 Å². The van der Waals surface area contributed by atoms with Crippen molar-refractivity contribution >= 4 is 5.91 Å². The molecule has 1 atom stereocenters. The van der Waals surface area contributed by atoms with Gasteiger partial charge in [0.2, 0.25) is 5.91 Å². The van der Waals surface area contributed by atoms with E-state index in [9.17, 15) is 4.79 Å². The van der Waals surface area contributed by atoms with Gasteiger partial charge in [-0.15, -0.1) is 0 Å². The third kappa shape index (κ3) is 3.47. The van der Waals surface area contributed by atoms with Gasteiger partial charge in [0.25, 0.3) is 0 Å². The summed E-state index contributed by atoms with van der Waals surface area (Å²) in [6.07, 6.45) is 2.66. The minimum absolute atomic E-state index is 0.00926. The number of rotatable bonds is 5. The molecular formula is C14H19NO3. The summed E-state index contributed by atoms with van der Waals surface area (Å²) in [5.41, 5.74) is 0.907. The Labute approximate surface area is 107 Å². The number of hydrogen-bond acceptors (Lipinski definition) is 3. The maximum Gasteiger partial charge on any atom is 0.224 e. The van der Waals surface area contributed by atoms with E-state index < -0.39 is 0 Å². The number of nitrogens with one attached hydrogen (secondary N) is 1. The summed E-state index contributed by atoms with van der Waals surface area (Å²) in [7, 11) is 1.61. The van der Waals surface area contributed by atoms with Crippen LogP contribution >= 0.6 is 0 Å². The molecule has 0 bridgehead atoms. The monoisotopic (exact) mass is 249 g/mol. The van der Waals surface area contributed by atoms with Crippen molar-refractivity contribution in [3.05, 3.63) is 29.8 Å². The lowest BCUT2D eigenvalue weighted by atomic mass is 10.1. The van der Waals surface area contributed by atoms with Gasteiger partial charge in [-0.3, -0.25) is 4.79 Å². The largest absolute Gasteiger partial charge is 0.496 e. The van der Waals surface area contributed by atoms with E-state index in [2.05, 4.69) is 5.32 Å². The first kappa shape index (κ1) is 12.9. The molecule has 1 heterocycles. The van der Waals surface area contributed by atoms with Crippen LogP contribution in [-0.4, -0.2) is 32.3 Å². The van der Waals surface area contributed by atoms with E-state index in [0.29, 0.717) is 13.0 Å². The van der Waals surface area contributed by atoms with Gasteiger partial charge in [0.1, 0.15) is 5.75 Å². The molecule has 1 aromatic rings. The normalized spacial score (nSPS) is 18.6. The summed E-state index contributed by atoms with van der Waals surface area (Å²) in [6.45, 7) is 1.42. The van der Waals surface area contributed by atoms with Crippen LogP contribution in [0.2, 0.25) is 0 Å². The fraction of sp³-hybridized carbons (Fsp3) is 0.500. The molecule has 1 N–H and O–H groups in total. The van der Waals surface area contributed by atoms with Gasteiger partial charge in [-0.1, -0.05) is 18.2 Å². The highest BCUT2D eigenvalue weighted by atomic mass is 16.5. The first-order chi connectivity index (χ1) is 8.79. The van der Waals surface area contributed by atoms with Crippen LogP contribution in [0.15, 0.2) is 24.3 Å². The summed E-state index contributed by atoms with van der Waals surface area (Å²) < 4.78 is 10.7. The van der Waals surface area contributed by atoms with Gasteiger partial charge >= 0.3 is 0 Å². The smallest absolute Gasteiger partial charge is 0.224 e. The van der Waals surface area contributed by atoms with E-state index in [1.54, 1.807) is 7.11 Å². The molecule has 4 nitrogen and oxygen atoms in total. The molecule has 18 heavy (non-hydrogen) atoms. The van der Waals surface area contributed by atoms with E-state index in [1.807, 2.05) is 24.3 Å². The van der Waals surface area contributed by atoms with Crippen LogP contribution in [0.3, 0.4) is 0 Å². The van der Waals surface area contributed by atoms with Crippen LogP contribution in [-0.2, 0) is 16.0 Å². The van der Waals surface area contributed by atoms with Crippen LogP contribution < -0.4 is 10.1 Å². The second-order valence-corrected chi connectivity index (χ2v) is 4.43. The van der Waals surface area contributed by atoms with Crippen molar-refractivity contribution in [2.24, 2.45) is 0 Å². The lowest BCUT2D eigenvalue weighted by Gasteiger charge is -2.12. The zero-order chi connectivity index (χ0) is 12.8. The summed E-state index contributed by atoms with van der Waals surface area (Å²) in [5.74, 6) is 0.764. The topological polar surface area (TPSA) is 47.6 Å². The van der Waals surface area contributed by atoms with Gasteiger partial charge in [0.05, 0.1) is 19.6 Å². The quantitative estimate of drug-likeness (QED) is 0.861. The maximum atomic E-state index is 11.8. The zero-order valence-electron chi connectivity index (χ0n) is 10.6. The molecule has 2 rings (SSSR count). The fourth-order valence-electron chi connectivity index (χ4n) is 2.12. The number of amides is 1. The van der Waals surface area contributed by atoms with E-state index >= 15 is 0 Å². The molecule has 1 aliphatic rings. The summed E-state index contributed by atoms with van der Waals surface area (Å²) >= 11 is 0. The number of methoxy groups -OCH3 is 1. The average molecular weight is 249 g/mol. The number of benzene rings is 1. The van der Waals surface area contributed by atoms with Crippen LogP contribution in [0.1, 0.15) is 18.4 Å². The maximum absolute atomic E-state index is 11.8. The highest BCUT2D eigenvalue weighted by molar-refractivity contribution is 5.79. The molecule has 0 unspecified atom stereocenters. The third-order valence-corrected chi connectivity index (χ3v) is 3.09. The van der Waals surface area contributed by atoms with Crippen LogP contribution in [0, 0.1) is 0 Å². The highest BCUT2D eigenvalue weighted by Crippen LogP contribution is 2.17. The third-order valence-electron chi connectivity index (χ3n) is 3.09. The van der Waals surface area contributed by atoms with E-state index in [1.165, 1.54) is 0 Å². The second kappa shape index (κ2) is 6.40. The summed E-state index contributed by atoms with van der Waals surface area (Å²) in [4.78, 5) is 11.8. The van der Waals surface area contributed by atoms with E-state index in [-0.39, 0.29) is 12.0 Å². The average Bonchev–Trinajstić information content (AvgIpc) is 2.90. The van der Waals surface area contributed by atoms with Gasteiger partial charge in [-0.2, -0.15) is 0 Å². The van der Waals surface area contributed by atoms with Gasteiger partial charge in [0, 0.05) is 18.7 Å². The van der Waals surface area contributed by atoms with Crippen molar-refractivity contribution in [2.45, 2.75) is 25.4 Å². The van der Waals surface area contributed by atoms with Crippen LogP contribution in [0.5, 0.6) is 5.75 Å². The zero-order valence-corrected chi connectivity index (χ0v) is 10.6. The Morgan fingerprint density at radius 3 is 3.06 bits per heavy atom. The molecular weight excluding hydrogens is 230 g/mol. The van der Waals surface area contributed by atoms with Crippen molar-refractivity contribution in [3.8, 4) is 5.75 Å². The molecule has 0 aromatic heterocycles. The highest BCUT2D eigenvalue weighted by Gasteiger charge is 2.16. The van der Waals surface area contributed by atoms with Crippen molar-refractivity contribution in [3.63, 3.8) is 0 Å². The molecule has 1 saturated heterocycles. The number of carbonyl (C=O) groups is 1. The molecule has 1 aliphatic heterocycles. The molecule has 1 amide bonds. The van der Waals surface area contributed by atoms with Gasteiger partial charge in [-0.05, 0) is 18.9 Å². The summed E-state index contributed by atoms with van der Waals surface area (Å²) in [6, 6.07) is 7.57. The first-order valence-corrected chi connectivity index (χ1v) is 6.30. The Kier molecular flexibility index (Phi) is 4.59. The fourth-order valence-corrected chi connectivity index (χ4v) is 2.12. The first-order valence-electron chi connectivity index (χ1n) is 6.30. The minimum atomic E-state index is 0.00926. The number of ether oxygens (including phenoxy) is 2. The van der Waals surface area contributed by atoms with Crippen molar-refractivity contribution in [2.75, 3.05) is 20.3 Å². The number of hydrogen-bond donors (Lipinski definition) is 1. The second-order valence-electron chi connectivity index (χ2n) is 4.43. The van der Waals surface area contributed by atoms with Gasteiger partial charge in [-0.25, -0.2) is 0 Å². The Balaban J connectivity index is 1.82. The SMILES string of the molecule is COc1ccccc1CC(=O)NC[C@H]1CCCO1. The molecule has 98 valence electrons. The van der Waals surface area contributed by atoms with Crippen molar-refractivity contribution < 1.29 is 14.3 Å². The molecule has 0 spiro atoms. The van der Waals surface area contributed by atoms with Crippen LogP contribution in [0.25, 0.3) is 0 Å². The Bertz CT molecular complexity index is 400. The molecule has 0 aliphatic carbocycles. The molecule has 0 saturated carbocycles. The molecule has 0 radical (unpaired) electrons. The molecule has 4 heteroatoms. The van der Waals surface area contributed by atoms with E-state index in [4.69, 9.17) is 9.47 Å². The standard InChI is InChI=1S/C14H19NO3/c1-17-13-7-3-2-5-11(13)9-14(16)15-10-12-6-4-8-18-12/h2-3,5,7,12H,4,6,8-10H2,1H3,(H,15,16)/t12-/m1/s1. The van der Waals surface area contributed by atoms with Crippen molar-refractivity contribution in [1.29, 1.82) is 0 Å². The number of carbonyl (C=O) groups excluding carboxylic acids is 1. The predicted molar refractivity (Wildman–Crippen MR) is 68.7 cm³/mol. The Morgan fingerprint density at radius 1 is 1.50 bits per heavy atom. The predicted octanol–water partition coefficient (Wildman–Crippen LogP) is 1.53. The Morgan fingerprint density at radius 2 is 2.33 bits per heavy atom. The van der Waals surface area contributed by atoms with Crippen LogP contribution in [0.4, 0.5) is 0 Å². The molecule has 1 aromatic carbocycles. The van der Waals surface area contributed by atoms with Gasteiger partial charge in [0.15, 0.2) is 0 Å². The minimum Gasteiger partial charge on any atom is -0.496 e. The lowest BCUT2D eigenvalue weighted by molar-refractivity contribution is -0.120. The number of para-hydroxylation sites is 1. The van der Waals surface area contributed by atoms with Crippen molar-refractivity contribution in [1.82, 2.24) is 5.32 Å². The summed E-state index contributed by atoms with van der Waals surface area (Å²) in [5, 5.41) is 2.90. The van der Waals surface area contributed by atoms with E-state index in [0.717, 1.165) is 30.8 Å². The Hall–Kier alpha value is -1.55.